The Labute approximate surface area is 89.4 Å². The number of hydrogen-bond acceptors (Lipinski definition) is 2. The second-order valence-electron chi connectivity index (χ2n) is 3.54. The van der Waals surface area contributed by atoms with Crippen LogP contribution in [0.5, 0.6) is 5.75 Å². The smallest absolute Gasteiger partial charge is 0.138 e. The number of benzene rings is 1. The first kappa shape index (κ1) is 9.81. The van der Waals surface area contributed by atoms with Crippen LogP contribution in [-0.2, 0) is 0 Å². The third kappa shape index (κ3) is 2.20. The second kappa shape index (κ2) is 4.20. The molecule has 1 fully saturated rings. The molecule has 76 valence electrons. The fourth-order valence-corrected chi connectivity index (χ4v) is 1.79. The lowest BCUT2D eigenvalue weighted by atomic mass is 10.3. The van der Waals surface area contributed by atoms with Gasteiger partial charge in [-0.25, -0.2) is 0 Å². The molecular weight excluding hydrogens is 198 g/mol. The van der Waals surface area contributed by atoms with Crippen molar-refractivity contribution in [1.29, 1.82) is 0 Å². The quantitative estimate of drug-likeness (QED) is 0.696. The van der Waals surface area contributed by atoms with Crippen molar-refractivity contribution < 1.29 is 4.74 Å². The van der Waals surface area contributed by atoms with E-state index < -0.39 is 0 Å². The summed E-state index contributed by atoms with van der Waals surface area (Å²) in [6, 6.07) is 7.57. The molecule has 14 heavy (non-hydrogen) atoms. The van der Waals surface area contributed by atoms with Gasteiger partial charge in [0.05, 0.1) is 5.02 Å². The SMILES string of the molecule is [CH2-]N1CC[C@H](Oc2ccccc2Cl)C1. The maximum Gasteiger partial charge on any atom is 0.138 e. The molecule has 2 rings (SSSR count). The molecule has 3 heteroatoms. The normalized spacial score (nSPS) is 22.6. The van der Waals surface area contributed by atoms with Gasteiger partial charge in [0.2, 0.25) is 0 Å². The Balaban J connectivity index is 2.01. The van der Waals surface area contributed by atoms with Crippen LogP contribution in [0.1, 0.15) is 6.42 Å². The predicted molar refractivity (Wildman–Crippen MR) is 57.4 cm³/mol. The van der Waals surface area contributed by atoms with Crippen LogP contribution in [0.4, 0.5) is 0 Å². The summed E-state index contributed by atoms with van der Waals surface area (Å²) in [5, 5.41) is 0.676. The molecule has 1 aliphatic rings. The number of ether oxygens (including phenoxy) is 1. The number of halogens is 1. The minimum Gasteiger partial charge on any atom is -0.488 e. The summed E-state index contributed by atoms with van der Waals surface area (Å²) in [6.07, 6.45) is 1.25. The van der Waals surface area contributed by atoms with E-state index in [0.717, 1.165) is 25.3 Å². The molecular formula is C11H13ClNO-. The van der Waals surface area contributed by atoms with Crippen LogP contribution in [0, 0.1) is 7.05 Å². The van der Waals surface area contributed by atoms with Crippen LogP contribution in [-0.4, -0.2) is 24.1 Å². The fourth-order valence-electron chi connectivity index (χ4n) is 1.61. The third-order valence-corrected chi connectivity index (χ3v) is 2.67. The number of rotatable bonds is 2. The molecule has 0 saturated carbocycles. The van der Waals surface area contributed by atoms with Gasteiger partial charge in [0, 0.05) is 6.54 Å². The van der Waals surface area contributed by atoms with Gasteiger partial charge >= 0.3 is 0 Å². The van der Waals surface area contributed by atoms with Crippen molar-refractivity contribution in [3.05, 3.63) is 36.3 Å². The Bertz CT molecular complexity index is 316. The van der Waals surface area contributed by atoms with E-state index in [1.54, 1.807) is 0 Å². The summed E-state index contributed by atoms with van der Waals surface area (Å²) < 4.78 is 5.76. The molecule has 1 aliphatic heterocycles. The Morgan fingerprint density at radius 3 is 2.86 bits per heavy atom. The van der Waals surface area contributed by atoms with Crippen molar-refractivity contribution in [3.8, 4) is 5.75 Å². The molecule has 0 unspecified atom stereocenters. The van der Waals surface area contributed by atoms with E-state index in [9.17, 15) is 0 Å². The molecule has 0 aromatic heterocycles. The first-order chi connectivity index (χ1) is 6.75. The molecule has 0 bridgehead atoms. The van der Waals surface area contributed by atoms with Crippen LogP contribution in [0.2, 0.25) is 5.02 Å². The molecule has 0 aliphatic carbocycles. The number of para-hydroxylation sites is 1. The highest BCUT2D eigenvalue weighted by atomic mass is 35.5. The minimum absolute atomic E-state index is 0.229. The highest BCUT2D eigenvalue weighted by Crippen LogP contribution is 2.26. The van der Waals surface area contributed by atoms with E-state index in [0.29, 0.717) is 5.02 Å². The summed E-state index contributed by atoms with van der Waals surface area (Å²) >= 11 is 5.98. The van der Waals surface area contributed by atoms with E-state index in [2.05, 4.69) is 7.05 Å². The number of hydrogen-bond donors (Lipinski definition) is 0. The lowest BCUT2D eigenvalue weighted by Gasteiger charge is -2.18. The first-order valence-corrected chi connectivity index (χ1v) is 5.10. The lowest BCUT2D eigenvalue weighted by Crippen LogP contribution is -2.20. The van der Waals surface area contributed by atoms with Crippen LogP contribution in [0.3, 0.4) is 0 Å². The lowest BCUT2D eigenvalue weighted by molar-refractivity contribution is 0.211. The maximum absolute atomic E-state index is 5.98. The Kier molecular flexibility index (Phi) is 2.94. The summed E-state index contributed by atoms with van der Waals surface area (Å²) in [5.41, 5.74) is 0. The van der Waals surface area contributed by atoms with Gasteiger partial charge in [-0.3, -0.25) is 7.05 Å². The molecule has 2 nitrogen and oxygen atoms in total. The fraction of sp³-hybridized carbons (Fsp3) is 0.364. The van der Waals surface area contributed by atoms with Crippen molar-refractivity contribution in [3.63, 3.8) is 0 Å². The molecule has 0 spiro atoms. The van der Waals surface area contributed by atoms with E-state index in [1.807, 2.05) is 29.2 Å². The largest absolute Gasteiger partial charge is 0.488 e. The third-order valence-electron chi connectivity index (χ3n) is 2.36. The van der Waals surface area contributed by atoms with E-state index >= 15 is 0 Å². The van der Waals surface area contributed by atoms with Gasteiger partial charge in [-0.1, -0.05) is 23.7 Å². The molecule has 0 N–H and O–H groups in total. The van der Waals surface area contributed by atoms with Crippen molar-refractivity contribution in [2.75, 3.05) is 13.1 Å². The molecule has 1 aromatic rings. The van der Waals surface area contributed by atoms with Gasteiger partial charge < -0.3 is 9.64 Å². The zero-order chi connectivity index (χ0) is 9.97. The Hall–Kier alpha value is -0.730. The van der Waals surface area contributed by atoms with Crippen molar-refractivity contribution in [1.82, 2.24) is 4.90 Å². The summed E-state index contributed by atoms with van der Waals surface area (Å²) in [5.74, 6) is 0.773. The molecule has 0 radical (unpaired) electrons. The van der Waals surface area contributed by atoms with Gasteiger partial charge in [0.1, 0.15) is 11.9 Å². The Morgan fingerprint density at radius 2 is 2.21 bits per heavy atom. The summed E-state index contributed by atoms with van der Waals surface area (Å²) in [7, 11) is 3.87. The maximum atomic E-state index is 5.98. The highest BCUT2D eigenvalue weighted by Gasteiger charge is 2.18. The average Bonchev–Trinajstić information content (AvgIpc) is 2.56. The molecule has 1 atom stereocenters. The molecule has 1 heterocycles. The standard InChI is InChI=1S/C11H13ClNO/c1-13-7-6-9(8-13)14-11-5-3-2-4-10(11)12/h2-5,9H,1,6-8H2/q-1/t9-/m0/s1. The first-order valence-electron chi connectivity index (χ1n) is 4.72. The van der Waals surface area contributed by atoms with Crippen molar-refractivity contribution in [2.45, 2.75) is 12.5 Å². The van der Waals surface area contributed by atoms with Crippen LogP contribution in [0.15, 0.2) is 24.3 Å². The minimum atomic E-state index is 0.229. The predicted octanol–water partition coefficient (Wildman–Crippen LogP) is 2.58. The monoisotopic (exact) mass is 210 g/mol. The highest BCUT2D eigenvalue weighted by molar-refractivity contribution is 6.32. The van der Waals surface area contributed by atoms with Crippen LogP contribution >= 0.6 is 11.6 Å². The second-order valence-corrected chi connectivity index (χ2v) is 3.94. The zero-order valence-electron chi connectivity index (χ0n) is 7.95. The van der Waals surface area contributed by atoms with Gasteiger partial charge in [0.15, 0.2) is 0 Å². The summed E-state index contributed by atoms with van der Waals surface area (Å²) in [6.45, 7) is 1.88. The molecule has 1 aromatic carbocycles. The van der Waals surface area contributed by atoms with Crippen molar-refractivity contribution in [2.24, 2.45) is 0 Å². The molecule has 1 saturated heterocycles. The van der Waals surface area contributed by atoms with Crippen LogP contribution in [0.25, 0.3) is 0 Å². The van der Waals surface area contributed by atoms with Crippen LogP contribution < -0.4 is 4.74 Å². The number of likely N-dealkylation sites (tertiary alicyclic amines) is 1. The van der Waals surface area contributed by atoms with E-state index in [4.69, 9.17) is 16.3 Å². The Morgan fingerprint density at radius 1 is 1.43 bits per heavy atom. The summed E-state index contributed by atoms with van der Waals surface area (Å²) in [4.78, 5) is 2.02. The molecule has 0 amide bonds. The number of nitrogens with zero attached hydrogens (tertiary/aromatic N) is 1. The van der Waals surface area contributed by atoms with Gasteiger partial charge in [-0.15, -0.1) is 0 Å². The topological polar surface area (TPSA) is 12.5 Å². The zero-order valence-corrected chi connectivity index (χ0v) is 8.70. The van der Waals surface area contributed by atoms with Gasteiger partial charge in [-0.05, 0) is 25.1 Å². The van der Waals surface area contributed by atoms with Gasteiger partial charge in [0.25, 0.3) is 0 Å². The van der Waals surface area contributed by atoms with Crippen molar-refractivity contribution >= 4 is 11.6 Å². The van der Waals surface area contributed by atoms with Gasteiger partial charge in [-0.2, -0.15) is 0 Å². The van der Waals surface area contributed by atoms with E-state index in [1.165, 1.54) is 0 Å². The average molecular weight is 211 g/mol. The van der Waals surface area contributed by atoms with E-state index in [-0.39, 0.29) is 6.10 Å².